The Morgan fingerprint density at radius 1 is 1.07 bits per heavy atom. The molecule has 0 aliphatic carbocycles. The van der Waals surface area contributed by atoms with Gasteiger partial charge >= 0.3 is 0 Å². The first kappa shape index (κ1) is 22.1. The molecule has 0 heterocycles. The van der Waals surface area contributed by atoms with Gasteiger partial charge in [0.2, 0.25) is 0 Å². The lowest BCUT2D eigenvalue weighted by Crippen LogP contribution is -2.42. The quantitative estimate of drug-likeness (QED) is 0.383. The third-order valence-corrected chi connectivity index (χ3v) is 10.3. The van der Waals surface area contributed by atoms with Crippen LogP contribution in [0.3, 0.4) is 0 Å². The molecule has 148 valence electrons. The van der Waals surface area contributed by atoms with Gasteiger partial charge in [-0.05, 0) is 41.4 Å². The summed E-state index contributed by atoms with van der Waals surface area (Å²) < 4.78 is 12.5. The molecule has 0 saturated heterocycles. The second-order valence-corrected chi connectivity index (χ2v) is 13.7. The van der Waals surface area contributed by atoms with Crippen molar-refractivity contribution in [3.63, 3.8) is 0 Å². The van der Waals surface area contributed by atoms with Gasteiger partial charge in [-0.3, -0.25) is 0 Å². The van der Waals surface area contributed by atoms with Gasteiger partial charge < -0.3 is 14.3 Å². The first-order chi connectivity index (χ1) is 12.7. The lowest BCUT2D eigenvalue weighted by atomic mass is 10.1. The monoisotopic (exact) mass is 450 g/mol. The molecule has 0 bridgehead atoms. The maximum Gasteiger partial charge on any atom is 0.192 e. The highest BCUT2D eigenvalue weighted by Gasteiger charge is 2.39. The van der Waals surface area contributed by atoms with E-state index in [0.29, 0.717) is 17.7 Å². The summed E-state index contributed by atoms with van der Waals surface area (Å²) in [6.07, 6.45) is -0.0423. The SMILES string of the molecule is CC(C)(C)[Si](C)(C)O[C@@H](CBr)c1ccc(OCc2ccccc2)c(CO)c1. The fraction of sp³-hybridized carbons (Fsp3) is 0.455. The average molecular weight is 451 g/mol. The number of halogens is 1. The summed E-state index contributed by atoms with van der Waals surface area (Å²) in [5, 5.41) is 10.7. The number of hydrogen-bond acceptors (Lipinski definition) is 3. The normalized spacial score (nSPS) is 13.4. The summed E-state index contributed by atoms with van der Waals surface area (Å²) in [5.41, 5.74) is 2.95. The molecule has 0 spiro atoms. The van der Waals surface area contributed by atoms with E-state index < -0.39 is 8.32 Å². The summed E-state index contributed by atoms with van der Waals surface area (Å²) in [6, 6.07) is 16.0. The number of benzene rings is 2. The smallest absolute Gasteiger partial charge is 0.192 e. The van der Waals surface area contributed by atoms with Crippen LogP contribution in [-0.2, 0) is 17.6 Å². The highest BCUT2D eigenvalue weighted by atomic mass is 79.9. The van der Waals surface area contributed by atoms with Gasteiger partial charge in [-0.25, -0.2) is 0 Å². The molecule has 0 unspecified atom stereocenters. The molecule has 3 nitrogen and oxygen atoms in total. The van der Waals surface area contributed by atoms with Crippen LogP contribution in [0.15, 0.2) is 48.5 Å². The van der Waals surface area contributed by atoms with E-state index in [-0.39, 0.29) is 17.7 Å². The van der Waals surface area contributed by atoms with Gasteiger partial charge in [0.25, 0.3) is 0 Å². The zero-order valence-electron chi connectivity index (χ0n) is 17.0. The van der Waals surface area contributed by atoms with E-state index in [1.165, 1.54) is 0 Å². The fourth-order valence-electron chi connectivity index (χ4n) is 2.52. The maximum atomic E-state index is 9.83. The summed E-state index contributed by atoms with van der Waals surface area (Å²) in [7, 11) is -1.90. The Labute approximate surface area is 173 Å². The summed E-state index contributed by atoms with van der Waals surface area (Å²) in [4.78, 5) is 0. The number of ether oxygens (including phenoxy) is 1. The van der Waals surface area contributed by atoms with E-state index >= 15 is 0 Å². The Hall–Kier alpha value is -1.14. The van der Waals surface area contributed by atoms with E-state index in [9.17, 15) is 5.11 Å². The molecule has 2 aromatic rings. The molecule has 0 fully saturated rings. The standard InChI is InChI=1S/C22H31BrO3Si/c1-22(2,3)27(4,5)26-21(14-23)18-11-12-20(19(13-18)15-24)25-16-17-9-7-6-8-10-17/h6-13,21,24H,14-16H2,1-5H3/t21-/m0/s1. The third kappa shape index (κ3) is 5.91. The second kappa shape index (κ2) is 9.37. The van der Waals surface area contributed by atoms with Gasteiger partial charge in [0.05, 0.1) is 12.7 Å². The molecule has 1 atom stereocenters. The lowest BCUT2D eigenvalue weighted by molar-refractivity contribution is 0.207. The molecule has 0 aromatic heterocycles. The zero-order chi connectivity index (χ0) is 20.1. The van der Waals surface area contributed by atoms with Crippen molar-refractivity contribution < 1.29 is 14.3 Å². The van der Waals surface area contributed by atoms with Crippen LogP contribution >= 0.6 is 15.9 Å². The molecule has 0 aliphatic heterocycles. The van der Waals surface area contributed by atoms with Crippen molar-refractivity contribution in [2.24, 2.45) is 0 Å². The highest BCUT2D eigenvalue weighted by Crippen LogP contribution is 2.40. The Kier molecular flexibility index (Phi) is 7.69. The van der Waals surface area contributed by atoms with Gasteiger partial charge in [-0.2, -0.15) is 0 Å². The van der Waals surface area contributed by atoms with Crippen molar-refractivity contribution in [1.82, 2.24) is 0 Å². The number of hydrogen-bond donors (Lipinski definition) is 1. The second-order valence-electron chi connectivity index (χ2n) is 8.32. The topological polar surface area (TPSA) is 38.7 Å². The maximum absolute atomic E-state index is 9.83. The number of aliphatic hydroxyl groups is 1. The molecule has 1 N–H and O–H groups in total. The molecular formula is C22H31BrO3Si. The molecule has 5 heteroatoms. The van der Waals surface area contributed by atoms with E-state index in [4.69, 9.17) is 9.16 Å². The Morgan fingerprint density at radius 2 is 1.74 bits per heavy atom. The van der Waals surface area contributed by atoms with E-state index in [2.05, 4.69) is 49.8 Å². The molecule has 2 aromatic carbocycles. The number of aliphatic hydroxyl groups excluding tert-OH is 1. The van der Waals surface area contributed by atoms with Gasteiger partial charge in [-0.15, -0.1) is 0 Å². The molecule has 0 amide bonds. The third-order valence-electron chi connectivity index (χ3n) is 5.25. The van der Waals surface area contributed by atoms with Crippen LogP contribution in [-0.4, -0.2) is 18.8 Å². The largest absolute Gasteiger partial charge is 0.489 e. The molecule has 0 aliphatic rings. The van der Waals surface area contributed by atoms with Crippen molar-refractivity contribution >= 4 is 24.2 Å². The van der Waals surface area contributed by atoms with E-state index in [1.54, 1.807) is 0 Å². The van der Waals surface area contributed by atoms with Gasteiger partial charge in [0.1, 0.15) is 12.4 Å². The first-order valence-corrected chi connectivity index (χ1v) is 13.3. The van der Waals surface area contributed by atoms with Crippen LogP contribution in [0.5, 0.6) is 5.75 Å². The number of rotatable bonds is 8. The molecule has 0 saturated carbocycles. The summed E-state index contributed by atoms with van der Waals surface area (Å²) in [6.45, 7) is 11.7. The van der Waals surface area contributed by atoms with Crippen molar-refractivity contribution in [3.05, 3.63) is 65.2 Å². The molecule has 27 heavy (non-hydrogen) atoms. The van der Waals surface area contributed by atoms with Crippen LogP contribution in [0, 0.1) is 0 Å². The Morgan fingerprint density at radius 3 is 2.30 bits per heavy atom. The minimum atomic E-state index is -1.90. The van der Waals surface area contributed by atoms with Crippen molar-refractivity contribution in [2.45, 2.75) is 58.2 Å². The average Bonchev–Trinajstić information content (AvgIpc) is 2.64. The predicted molar refractivity (Wildman–Crippen MR) is 118 cm³/mol. The molecule has 0 radical (unpaired) electrons. The molecular weight excluding hydrogens is 420 g/mol. The van der Waals surface area contributed by atoms with Crippen LogP contribution < -0.4 is 4.74 Å². The van der Waals surface area contributed by atoms with Crippen molar-refractivity contribution in [3.8, 4) is 5.75 Å². The van der Waals surface area contributed by atoms with Crippen molar-refractivity contribution in [1.29, 1.82) is 0 Å². The Bertz CT molecular complexity index is 726. The van der Waals surface area contributed by atoms with Crippen LogP contribution in [0.4, 0.5) is 0 Å². The summed E-state index contributed by atoms with van der Waals surface area (Å²) in [5.74, 6) is 0.714. The van der Waals surface area contributed by atoms with Crippen molar-refractivity contribution in [2.75, 3.05) is 5.33 Å². The summed E-state index contributed by atoms with van der Waals surface area (Å²) >= 11 is 3.60. The number of alkyl halides is 1. The van der Waals surface area contributed by atoms with E-state index in [1.807, 2.05) is 48.5 Å². The lowest BCUT2D eigenvalue weighted by Gasteiger charge is -2.39. The van der Waals surface area contributed by atoms with Gasteiger partial charge in [-0.1, -0.05) is 73.1 Å². The Balaban J connectivity index is 2.17. The zero-order valence-corrected chi connectivity index (χ0v) is 19.5. The van der Waals surface area contributed by atoms with Crippen LogP contribution in [0.1, 0.15) is 43.6 Å². The van der Waals surface area contributed by atoms with Gasteiger partial charge in [0, 0.05) is 10.9 Å². The van der Waals surface area contributed by atoms with E-state index in [0.717, 1.165) is 16.7 Å². The highest BCUT2D eigenvalue weighted by molar-refractivity contribution is 9.09. The predicted octanol–water partition coefficient (Wildman–Crippen LogP) is 6.22. The fourth-order valence-corrected chi connectivity index (χ4v) is 4.55. The first-order valence-electron chi connectivity index (χ1n) is 9.32. The van der Waals surface area contributed by atoms with Crippen LogP contribution in [0.25, 0.3) is 0 Å². The van der Waals surface area contributed by atoms with Crippen LogP contribution in [0.2, 0.25) is 18.1 Å². The molecule has 2 rings (SSSR count). The van der Waals surface area contributed by atoms with Gasteiger partial charge in [0.15, 0.2) is 8.32 Å². The minimum Gasteiger partial charge on any atom is -0.489 e. The minimum absolute atomic E-state index is 0.0423.